The Bertz CT molecular complexity index is 1480. The third-order valence-corrected chi connectivity index (χ3v) is 8.13. The van der Waals surface area contributed by atoms with Crippen molar-refractivity contribution in [3.63, 3.8) is 0 Å². The number of nitro groups is 1. The lowest BCUT2D eigenvalue weighted by molar-refractivity contribution is -0.384. The van der Waals surface area contributed by atoms with Crippen LogP contribution < -0.4 is 0 Å². The predicted octanol–water partition coefficient (Wildman–Crippen LogP) is 3.04. The van der Waals surface area contributed by atoms with Gasteiger partial charge in [-0.1, -0.05) is 6.92 Å². The number of amides is 1. The van der Waals surface area contributed by atoms with E-state index in [1.54, 1.807) is 17.5 Å². The second kappa shape index (κ2) is 9.36. The summed E-state index contributed by atoms with van der Waals surface area (Å²) in [6, 6.07) is 5.19. The Kier molecular flexibility index (Phi) is 6.34. The van der Waals surface area contributed by atoms with Crippen molar-refractivity contribution in [2.75, 3.05) is 5.88 Å². The molecular formula is C24H21ClN4O7S. The third kappa shape index (κ3) is 4.01. The van der Waals surface area contributed by atoms with Gasteiger partial charge in [-0.3, -0.25) is 24.1 Å². The highest BCUT2D eigenvalue weighted by Gasteiger charge is 2.60. The van der Waals surface area contributed by atoms with E-state index in [9.17, 15) is 29.6 Å². The summed E-state index contributed by atoms with van der Waals surface area (Å²) in [5, 5.41) is 21.1. The Balaban J connectivity index is 1.51. The van der Waals surface area contributed by atoms with Crippen LogP contribution in [0.25, 0.3) is 10.4 Å². The van der Waals surface area contributed by atoms with Crippen LogP contribution in [0.4, 0.5) is 5.69 Å². The largest absolute Gasteiger partial charge is 0.456 e. The van der Waals surface area contributed by atoms with Crippen LogP contribution in [0.3, 0.4) is 0 Å². The number of nitro benzene ring substituents is 1. The van der Waals surface area contributed by atoms with Gasteiger partial charge in [-0.25, -0.2) is 9.78 Å². The number of β-lactam (4-membered cyclic amide) rings is 1. The molecule has 0 unspecified atom stereocenters. The Morgan fingerprint density at radius 2 is 2.03 bits per heavy atom. The van der Waals surface area contributed by atoms with Gasteiger partial charge in [0.2, 0.25) is 5.91 Å². The van der Waals surface area contributed by atoms with E-state index in [1.165, 1.54) is 46.8 Å². The van der Waals surface area contributed by atoms with Crippen LogP contribution in [-0.4, -0.2) is 60.0 Å². The molecule has 2 aliphatic heterocycles. The quantitative estimate of drug-likeness (QED) is 0.114. The summed E-state index contributed by atoms with van der Waals surface area (Å²) >= 11 is 6.97. The minimum atomic E-state index is -0.899. The number of non-ortho nitro benzene ring substituents is 1. The summed E-state index contributed by atoms with van der Waals surface area (Å²) in [6.45, 7) is 3.27. The second-order valence-electron chi connectivity index (χ2n) is 8.97. The van der Waals surface area contributed by atoms with Crippen molar-refractivity contribution < 1.29 is 29.2 Å². The third-order valence-electron chi connectivity index (χ3n) is 6.74. The van der Waals surface area contributed by atoms with Gasteiger partial charge in [0.1, 0.15) is 29.2 Å². The summed E-state index contributed by atoms with van der Waals surface area (Å²) < 4.78 is 7.20. The maximum atomic E-state index is 13.4. The fraction of sp³-hybridized carbons (Fsp3) is 0.333. The van der Waals surface area contributed by atoms with Crippen LogP contribution in [0.15, 0.2) is 42.5 Å². The van der Waals surface area contributed by atoms with Crippen molar-refractivity contribution in [2.45, 2.75) is 32.6 Å². The molecule has 0 aliphatic carbocycles. The number of carbonyl (C=O) groups is 3. The van der Waals surface area contributed by atoms with Gasteiger partial charge >= 0.3 is 5.97 Å². The standard InChI is InChI=1S/C24H21ClN4O7S/c1-11-17(16-8-27-10-26-19(15(31)7-25)23(27)37-16)21(28-20(11)18(12(2)30)22(28)32)24(33)36-9-13-3-5-14(6-4-13)29(34)35/h3-6,8,10-12,18,20,30H,7,9H2,1-2H3/t11-,12+,18+,20+/m0/s1. The summed E-state index contributed by atoms with van der Waals surface area (Å²) in [4.78, 5) is 55.7. The minimum absolute atomic E-state index is 0.0847. The molecule has 5 rings (SSSR count). The normalized spacial score (nSPS) is 21.7. The number of aliphatic hydroxyl groups excluding tert-OH is 1. The molecule has 1 N–H and O–H groups in total. The van der Waals surface area contributed by atoms with Crippen molar-refractivity contribution in [2.24, 2.45) is 11.8 Å². The van der Waals surface area contributed by atoms with Gasteiger partial charge in [-0.15, -0.1) is 22.9 Å². The number of ketones is 1. The van der Waals surface area contributed by atoms with Gasteiger partial charge < -0.3 is 14.7 Å². The molecule has 192 valence electrons. The van der Waals surface area contributed by atoms with Crippen LogP contribution in [0.2, 0.25) is 0 Å². The molecule has 0 saturated carbocycles. The zero-order chi connectivity index (χ0) is 26.6. The number of fused-ring (bicyclic) bond motifs is 2. The molecule has 2 aromatic heterocycles. The number of esters is 1. The Labute approximate surface area is 219 Å². The first-order valence-corrected chi connectivity index (χ1v) is 12.7. The Morgan fingerprint density at radius 3 is 2.65 bits per heavy atom. The molecule has 37 heavy (non-hydrogen) atoms. The van der Waals surface area contributed by atoms with Gasteiger partial charge in [0.25, 0.3) is 5.69 Å². The summed E-state index contributed by atoms with van der Waals surface area (Å²) in [5.74, 6) is -2.62. The molecule has 1 amide bonds. The molecule has 1 fully saturated rings. The number of ether oxygens (including phenoxy) is 1. The highest BCUT2D eigenvalue weighted by molar-refractivity contribution is 7.18. The van der Waals surface area contributed by atoms with Crippen LogP contribution >= 0.6 is 22.9 Å². The molecule has 2 aliphatic rings. The van der Waals surface area contributed by atoms with E-state index in [4.69, 9.17) is 16.3 Å². The minimum Gasteiger partial charge on any atom is -0.456 e. The number of rotatable bonds is 8. The highest BCUT2D eigenvalue weighted by atomic mass is 35.5. The van der Waals surface area contributed by atoms with Gasteiger partial charge in [-0.05, 0) is 24.6 Å². The molecule has 4 atom stereocenters. The van der Waals surface area contributed by atoms with Gasteiger partial charge in [0.15, 0.2) is 5.78 Å². The lowest BCUT2D eigenvalue weighted by atomic mass is 9.77. The van der Waals surface area contributed by atoms with Crippen LogP contribution in [-0.2, 0) is 20.9 Å². The number of Topliss-reactive ketones (excluding diaryl/α,β-unsaturated/α-hetero) is 1. The fourth-order valence-corrected chi connectivity index (χ4v) is 6.36. The van der Waals surface area contributed by atoms with Gasteiger partial charge in [0, 0.05) is 29.8 Å². The Hall–Kier alpha value is -3.61. The first-order valence-electron chi connectivity index (χ1n) is 11.4. The van der Waals surface area contributed by atoms with Crippen LogP contribution in [0, 0.1) is 22.0 Å². The van der Waals surface area contributed by atoms with Crippen molar-refractivity contribution >= 4 is 56.7 Å². The van der Waals surface area contributed by atoms with Crippen molar-refractivity contribution in [3.8, 4) is 0 Å². The van der Waals surface area contributed by atoms with E-state index >= 15 is 0 Å². The number of thiazole rings is 1. The summed E-state index contributed by atoms with van der Waals surface area (Å²) in [7, 11) is 0. The molecule has 0 spiro atoms. The lowest BCUT2D eigenvalue weighted by Gasteiger charge is -2.46. The number of benzene rings is 1. The molecule has 0 bridgehead atoms. The van der Waals surface area contributed by atoms with Crippen LogP contribution in [0.1, 0.15) is 34.8 Å². The van der Waals surface area contributed by atoms with Crippen LogP contribution in [0.5, 0.6) is 0 Å². The first kappa shape index (κ1) is 25.1. The Morgan fingerprint density at radius 1 is 1.32 bits per heavy atom. The number of hydrogen-bond acceptors (Lipinski definition) is 9. The molecule has 3 aromatic rings. The maximum absolute atomic E-state index is 13.4. The number of alkyl halides is 1. The SMILES string of the molecule is C[C@@H](O)[C@H]1C(=O)N2C(C(=O)OCc3ccc([N+](=O)[O-])cc3)=C(c3cn4cnc(C(=O)CCl)c4s3)[C@H](C)[C@H]12. The lowest BCUT2D eigenvalue weighted by Crippen LogP contribution is -2.63. The molecule has 1 saturated heterocycles. The zero-order valence-corrected chi connectivity index (χ0v) is 21.2. The number of carbonyl (C=O) groups excluding carboxylic acids is 3. The fourth-order valence-electron chi connectivity index (χ4n) is 4.99. The molecule has 4 heterocycles. The number of nitrogens with zero attached hydrogens (tertiary/aromatic N) is 4. The highest BCUT2D eigenvalue weighted by Crippen LogP contribution is 2.51. The average Bonchev–Trinajstić information content (AvgIpc) is 3.51. The topological polar surface area (TPSA) is 144 Å². The summed E-state index contributed by atoms with van der Waals surface area (Å²) in [6.07, 6.45) is 2.32. The number of halogens is 1. The molecular weight excluding hydrogens is 524 g/mol. The van der Waals surface area contributed by atoms with E-state index in [2.05, 4.69) is 4.98 Å². The predicted molar refractivity (Wildman–Crippen MR) is 133 cm³/mol. The van der Waals surface area contributed by atoms with E-state index in [0.717, 1.165) is 0 Å². The van der Waals surface area contributed by atoms with Crippen molar-refractivity contribution in [3.05, 3.63) is 68.7 Å². The molecule has 1 aromatic carbocycles. The van der Waals surface area contributed by atoms with E-state index in [-0.39, 0.29) is 47.2 Å². The number of aliphatic hydroxyl groups is 1. The monoisotopic (exact) mass is 544 g/mol. The van der Waals surface area contributed by atoms with E-state index < -0.39 is 29.0 Å². The smallest absolute Gasteiger partial charge is 0.355 e. The molecule has 0 radical (unpaired) electrons. The van der Waals surface area contributed by atoms with Gasteiger partial charge in [0.05, 0.1) is 33.7 Å². The second-order valence-corrected chi connectivity index (χ2v) is 10.3. The number of aromatic nitrogens is 2. The maximum Gasteiger partial charge on any atom is 0.355 e. The number of hydrogen-bond donors (Lipinski definition) is 1. The zero-order valence-electron chi connectivity index (χ0n) is 19.7. The molecule has 11 nitrogen and oxygen atoms in total. The first-order chi connectivity index (χ1) is 17.6. The van der Waals surface area contributed by atoms with Gasteiger partial charge in [-0.2, -0.15) is 0 Å². The molecule has 13 heteroatoms. The number of imidazole rings is 1. The van der Waals surface area contributed by atoms with Crippen molar-refractivity contribution in [1.29, 1.82) is 0 Å². The average molecular weight is 545 g/mol. The summed E-state index contributed by atoms with van der Waals surface area (Å²) in [5.41, 5.74) is 1.35. The van der Waals surface area contributed by atoms with Crippen molar-refractivity contribution in [1.82, 2.24) is 14.3 Å². The van der Waals surface area contributed by atoms with E-state index in [0.29, 0.717) is 20.8 Å². The van der Waals surface area contributed by atoms with E-state index in [1.807, 2.05) is 6.92 Å².